The van der Waals surface area contributed by atoms with Gasteiger partial charge in [-0.05, 0) is 12.8 Å². The van der Waals surface area contributed by atoms with E-state index in [-0.39, 0.29) is 25.1 Å². The number of carbonyl (C=O) groups is 2. The van der Waals surface area contributed by atoms with Crippen molar-refractivity contribution in [3.63, 3.8) is 0 Å². The fourth-order valence-electron chi connectivity index (χ4n) is 1.13. The summed E-state index contributed by atoms with van der Waals surface area (Å²) in [5.74, 6) is -1.18. The topological polar surface area (TPSA) is 113 Å². The summed E-state index contributed by atoms with van der Waals surface area (Å²) in [6, 6.07) is -1.67. The molecule has 18 heavy (non-hydrogen) atoms. The zero-order chi connectivity index (χ0) is 14.2. The minimum Gasteiger partial charge on any atom is -0.480 e. The van der Waals surface area contributed by atoms with Crippen LogP contribution in [0.5, 0.6) is 0 Å². The van der Waals surface area contributed by atoms with Crippen molar-refractivity contribution in [2.24, 2.45) is 0 Å². The van der Waals surface area contributed by atoms with Crippen molar-refractivity contribution in [1.29, 1.82) is 0 Å². The van der Waals surface area contributed by atoms with Crippen molar-refractivity contribution in [2.45, 2.75) is 18.9 Å². The van der Waals surface area contributed by atoms with Crippen LogP contribution in [0, 0.1) is 0 Å². The van der Waals surface area contributed by atoms with Gasteiger partial charge in [-0.25, -0.2) is 18.0 Å². The summed E-state index contributed by atoms with van der Waals surface area (Å²) in [5, 5.41) is 13.4. The summed E-state index contributed by atoms with van der Waals surface area (Å²) in [5.41, 5.74) is 0. The average Bonchev–Trinajstić information content (AvgIpc) is 2.22. The number of amides is 2. The highest BCUT2D eigenvalue weighted by atomic mass is 32.2. The van der Waals surface area contributed by atoms with Crippen LogP contribution in [0.2, 0.25) is 0 Å². The fourth-order valence-corrected chi connectivity index (χ4v) is 1.80. The van der Waals surface area contributed by atoms with E-state index in [1.807, 2.05) is 0 Å². The lowest BCUT2D eigenvalue weighted by atomic mass is 10.2. The van der Waals surface area contributed by atoms with Crippen LogP contribution >= 0.6 is 0 Å². The van der Waals surface area contributed by atoms with Crippen LogP contribution in [0.25, 0.3) is 0 Å². The highest BCUT2D eigenvalue weighted by molar-refractivity contribution is 7.90. The first-order valence-corrected chi connectivity index (χ1v) is 7.38. The molecule has 0 aromatic rings. The molecule has 0 bridgehead atoms. The van der Waals surface area contributed by atoms with Gasteiger partial charge < -0.3 is 15.7 Å². The average molecular weight is 278 g/mol. The Bertz CT molecular complexity index is 404. The molecule has 7 nitrogen and oxygen atoms in total. The van der Waals surface area contributed by atoms with E-state index in [9.17, 15) is 18.0 Å². The largest absolute Gasteiger partial charge is 0.480 e. The minimum atomic E-state index is -3.05. The molecule has 1 unspecified atom stereocenters. The Hall–Kier alpha value is -1.57. The molecule has 0 saturated carbocycles. The summed E-state index contributed by atoms with van der Waals surface area (Å²) in [6.45, 7) is 3.56. The van der Waals surface area contributed by atoms with E-state index in [0.717, 1.165) is 6.26 Å². The maximum absolute atomic E-state index is 11.3. The Morgan fingerprint density at radius 2 is 2.06 bits per heavy atom. The molecule has 0 aliphatic heterocycles. The molecule has 2 amide bonds. The summed E-state index contributed by atoms with van der Waals surface area (Å²) < 4.78 is 21.6. The third kappa shape index (κ3) is 8.57. The maximum atomic E-state index is 11.3. The van der Waals surface area contributed by atoms with E-state index < -0.39 is 27.9 Å². The number of urea groups is 1. The Labute approximate surface area is 106 Å². The lowest BCUT2D eigenvalue weighted by Crippen LogP contribution is -2.46. The van der Waals surface area contributed by atoms with Crippen LogP contribution in [0.4, 0.5) is 4.79 Å². The molecule has 0 spiro atoms. The molecule has 0 rings (SSSR count). The van der Waals surface area contributed by atoms with E-state index in [2.05, 4.69) is 17.2 Å². The third-order valence-electron chi connectivity index (χ3n) is 1.98. The molecular formula is C10H18N2O5S. The van der Waals surface area contributed by atoms with Gasteiger partial charge in [0.1, 0.15) is 15.9 Å². The molecule has 0 radical (unpaired) electrons. The summed E-state index contributed by atoms with van der Waals surface area (Å²) >= 11 is 0. The van der Waals surface area contributed by atoms with Gasteiger partial charge >= 0.3 is 12.0 Å². The van der Waals surface area contributed by atoms with Gasteiger partial charge in [0.05, 0.1) is 5.75 Å². The second-order valence-corrected chi connectivity index (χ2v) is 6.06. The first-order chi connectivity index (χ1) is 8.26. The van der Waals surface area contributed by atoms with Crippen molar-refractivity contribution in [2.75, 3.05) is 18.6 Å². The molecule has 0 aromatic heterocycles. The molecule has 0 aliphatic rings. The van der Waals surface area contributed by atoms with Gasteiger partial charge in [-0.2, -0.15) is 0 Å². The smallest absolute Gasteiger partial charge is 0.326 e. The molecule has 0 aliphatic carbocycles. The number of hydrogen-bond acceptors (Lipinski definition) is 4. The lowest BCUT2D eigenvalue weighted by molar-refractivity contribution is -0.139. The van der Waals surface area contributed by atoms with E-state index in [1.54, 1.807) is 0 Å². The maximum Gasteiger partial charge on any atom is 0.326 e. The van der Waals surface area contributed by atoms with Crippen molar-refractivity contribution in [3.05, 3.63) is 12.7 Å². The SMILES string of the molecule is C=CCC(NC(=O)NCCCS(C)(=O)=O)C(=O)O. The van der Waals surface area contributed by atoms with E-state index in [1.165, 1.54) is 6.08 Å². The number of carbonyl (C=O) groups excluding carboxylic acids is 1. The number of hydrogen-bond donors (Lipinski definition) is 3. The van der Waals surface area contributed by atoms with Crippen molar-refractivity contribution < 1.29 is 23.1 Å². The van der Waals surface area contributed by atoms with Gasteiger partial charge in [-0.1, -0.05) is 6.08 Å². The predicted molar refractivity (Wildman–Crippen MR) is 67.1 cm³/mol. The van der Waals surface area contributed by atoms with Crippen molar-refractivity contribution in [3.8, 4) is 0 Å². The molecule has 0 saturated heterocycles. The third-order valence-corrected chi connectivity index (χ3v) is 3.01. The zero-order valence-electron chi connectivity index (χ0n) is 10.2. The van der Waals surface area contributed by atoms with Crippen LogP contribution in [0.3, 0.4) is 0 Å². The summed E-state index contributed by atoms with van der Waals surface area (Å²) in [7, 11) is -3.05. The van der Waals surface area contributed by atoms with Gasteiger partial charge in [0, 0.05) is 12.8 Å². The number of carboxylic acids is 1. The van der Waals surface area contributed by atoms with Gasteiger partial charge in [0.25, 0.3) is 0 Å². The van der Waals surface area contributed by atoms with Crippen molar-refractivity contribution in [1.82, 2.24) is 10.6 Å². The summed E-state index contributed by atoms with van der Waals surface area (Å²) in [4.78, 5) is 22.0. The van der Waals surface area contributed by atoms with E-state index in [0.29, 0.717) is 0 Å². The first kappa shape index (κ1) is 16.4. The second kappa shape index (κ2) is 7.70. The molecule has 3 N–H and O–H groups in total. The quantitative estimate of drug-likeness (QED) is 0.418. The Morgan fingerprint density at radius 1 is 1.44 bits per heavy atom. The second-order valence-electron chi connectivity index (χ2n) is 3.80. The minimum absolute atomic E-state index is 0.0255. The molecule has 0 heterocycles. The number of sulfone groups is 1. The van der Waals surface area contributed by atoms with Crippen LogP contribution in [-0.4, -0.2) is 50.1 Å². The van der Waals surface area contributed by atoms with E-state index >= 15 is 0 Å². The van der Waals surface area contributed by atoms with Crippen molar-refractivity contribution >= 4 is 21.8 Å². The number of nitrogens with one attached hydrogen (secondary N) is 2. The first-order valence-electron chi connectivity index (χ1n) is 5.32. The van der Waals surface area contributed by atoms with Crippen LogP contribution in [0.1, 0.15) is 12.8 Å². The Balaban J connectivity index is 3.95. The lowest BCUT2D eigenvalue weighted by Gasteiger charge is -2.13. The highest BCUT2D eigenvalue weighted by Crippen LogP contribution is 1.93. The van der Waals surface area contributed by atoms with E-state index in [4.69, 9.17) is 5.11 Å². The number of carboxylic acid groups (broad SMARTS) is 1. The molecule has 0 aromatic carbocycles. The van der Waals surface area contributed by atoms with Gasteiger partial charge in [-0.15, -0.1) is 6.58 Å². The monoisotopic (exact) mass is 278 g/mol. The summed E-state index contributed by atoms with van der Waals surface area (Å²) in [6.07, 6.45) is 2.90. The van der Waals surface area contributed by atoms with Gasteiger partial charge in [0.2, 0.25) is 0 Å². The molecule has 1 atom stereocenters. The molecule has 0 fully saturated rings. The molecule has 104 valence electrons. The highest BCUT2D eigenvalue weighted by Gasteiger charge is 2.17. The van der Waals surface area contributed by atoms with Crippen LogP contribution < -0.4 is 10.6 Å². The number of aliphatic carboxylic acids is 1. The Morgan fingerprint density at radius 3 is 2.50 bits per heavy atom. The predicted octanol–water partition coefficient (Wildman–Crippen LogP) is -0.250. The molecule has 8 heteroatoms. The molecular weight excluding hydrogens is 260 g/mol. The zero-order valence-corrected chi connectivity index (χ0v) is 11.0. The standard InChI is InChI=1S/C10H18N2O5S/c1-3-5-8(9(13)14)12-10(15)11-6-4-7-18(2,16)17/h3,8H,1,4-7H2,2H3,(H,13,14)(H2,11,12,15). The van der Waals surface area contributed by atoms with Crippen LogP contribution in [-0.2, 0) is 14.6 Å². The van der Waals surface area contributed by atoms with Gasteiger partial charge in [-0.3, -0.25) is 0 Å². The van der Waals surface area contributed by atoms with Crippen LogP contribution in [0.15, 0.2) is 12.7 Å². The Kier molecular flexibility index (Phi) is 7.03. The fraction of sp³-hybridized carbons (Fsp3) is 0.600. The normalized spacial score (nSPS) is 12.5. The number of rotatable bonds is 8. The van der Waals surface area contributed by atoms with Gasteiger partial charge in [0.15, 0.2) is 0 Å².